The molecule has 0 aliphatic carbocycles. The molecule has 0 N–H and O–H groups in total. The topological polar surface area (TPSA) is 86.2 Å². The predicted molar refractivity (Wildman–Crippen MR) is 108 cm³/mol. The molecule has 4 rings (SSSR count). The van der Waals surface area contributed by atoms with Gasteiger partial charge >= 0.3 is 5.91 Å². The maximum Gasteiger partial charge on any atom is 0.315 e. The Morgan fingerprint density at radius 2 is 2.00 bits per heavy atom. The lowest BCUT2D eigenvalue weighted by Crippen LogP contribution is -2.22. The molecule has 0 radical (unpaired) electrons. The molecule has 8 heteroatoms. The second-order valence-electron chi connectivity index (χ2n) is 6.65. The Morgan fingerprint density at radius 3 is 2.69 bits per heavy atom. The van der Waals surface area contributed by atoms with E-state index < -0.39 is 5.91 Å². The standard InChI is InChI=1S/C21H19N5O3/c1-24(2)19-13-17(23-26(19)21(28)18-9-6-12-29-18)16-8-5-11-25(20(16)27)14-15-7-3-4-10-22-15/h3-13H,14H2,1-2H3. The van der Waals surface area contributed by atoms with Gasteiger partial charge in [0.25, 0.3) is 5.56 Å². The van der Waals surface area contributed by atoms with E-state index in [0.717, 1.165) is 5.69 Å². The molecule has 29 heavy (non-hydrogen) atoms. The second kappa shape index (κ2) is 7.59. The average Bonchev–Trinajstić information content (AvgIpc) is 3.40. The van der Waals surface area contributed by atoms with Crippen LogP contribution in [0, 0.1) is 0 Å². The second-order valence-corrected chi connectivity index (χ2v) is 6.65. The highest BCUT2D eigenvalue weighted by molar-refractivity contribution is 5.95. The number of nitrogens with zero attached hydrogens (tertiary/aromatic N) is 5. The molecule has 146 valence electrons. The number of carbonyl (C=O) groups is 1. The summed E-state index contributed by atoms with van der Waals surface area (Å²) in [5.41, 5.74) is 1.38. The van der Waals surface area contributed by atoms with Gasteiger partial charge in [-0.2, -0.15) is 9.78 Å². The molecule has 0 saturated carbocycles. The number of anilines is 1. The Balaban J connectivity index is 1.76. The Labute approximate surface area is 166 Å². The van der Waals surface area contributed by atoms with Crippen LogP contribution in [0.1, 0.15) is 16.2 Å². The van der Waals surface area contributed by atoms with Crippen molar-refractivity contribution in [1.82, 2.24) is 19.3 Å². The number of hydrogen-bond donors (Lipinski definition) is 0. The summed E-state index contributed by atoms with van der Waals surface area (Å²) in [5.74, 6) is 0.305. The molecule has 0 aromatic carbocycles. The summed E-state index contributed by atoms with van der Waals surface area (Å²) < 4.78 is 8.02. The van der Waals surface area contributed by atoms with Gasteiger partial charge in [0.2, 0.25) is 0 Å². The van der Waals surface area contributed by atoms with Gasteiger partial charge in [-0.15, -0.1) is 0 Å². The zero-order valence-corrected chi connectivity index (χ0v) is 16.0. The number of furan rings is 1. The van der Waals surface area contributed by atoms with Crippen LogP contribution in [0.25, 0.3) is 11.3 Å². The lowest BCUT2D eigenvalue weighted by atomic mass is 10.2. The number of hydrogen-bond acceptors (Lipinski definition) is 6. The maximum absolute atomic E-state index is 13.0. The van der Waals surface area contributed by atoms with Gasteiger partial charge in [-0.05, 0) is 36.4 Å². The molecule has 4 aromatic rings. The highest BCUT2D eigenvalue weighted by atomic mass is 16.3. The van der Waals surface area contributed by atoms with Crippen LogP contribution in [0.4, 0.5) is 5.82 Å². The van der Waals surface area contributed by atoms with Gasteiger partial charge in [-0.25, -0.2) is 0 Å². The highest BCUT2D eigenvalue weighted by Gasteiger charge is 2.21. The molecular formula is C21H19N5O3. The van der Waals surface area contributed by atoms with E-state index in [1.807, 2.05) is 18.2 Å². The van der Waals surface area contributed by atoms with E-state index >= 15 is 0 Å². The number of aromatic nitrogens is 4. The molecule has 0 atom stereocenters. The maximum atomic E-state index is 13.0. The van der Waals surface area contributed by atoms with Gasteiger partial charge in [0.05, 0.1) is 24.1 Å². The molecular weight excluding hydrogens is 370 g/mol. The smallest absolute Gasteiger partial charge is 0.315 e. The molecule has 0 fully saturated rings. The molecule has 0 amide bonds. The Hall–Kier alpha value is -3.94. The molecule has 4 aromatic heterocycles. The van der Waals surface area contributed by atoms with Crippen LogP contribution in [-0.4, -0.2) is 39.3 Å². The van der Waals surface area contributed by atoms with Gasteiger partial charge < -0.3 is 13.9 Å². The first kappa shape index (κ1) is 18.4. The fourth-order valence-electron chi connectivity index (χ4n) is 3.00. The fraction of sp³-hybridized carbons (Fsp3) is 0.143. The van der Waals surface area contributed by atoms with Crippen molar-refractivity contribution >= 4 is 11.7 Å². The van der Waals surface area contributed by atoms with E-state index in [4.69, 9.17) is 4.42 Å². The Bertz CT molecular complexity index is 1190. The van der Waals surface area contributed by atoms with Crippen molar-refractivity contribution in [3.05, 3.63) is 89.0 Å². The minimum absolute atomic E-state index is 0.170. The fourth-order valence-corrected chi connectivity index (χ4v) is 3.00. The van der Waals surface area contributed by atoms with Crippen molar-refractivity contribution in [2.45, 2.75) is 6.54 Å². The van der Waals surface area contributed by atoms with Crippen LogP contribution in [0.15, 0.2) is 76.4 Å². The third kappa shape index (κ3) is 3.60. The molecule has 0 aliphatic heterocycles. The Morgan fingerprint density at radius 1 is 1.14 bits per heavy atom. The average molecular weight is 389 g/mol. The van der Waals surface area contributed by atoms with Gasteiger partial charge in [-0.3, -0.25) is 14.6 Å². The van der Waals surface area contributed by atoms with Crippen LogP contribution in [0.2, 0.25) is 0 Å². The predicted octanol–water partition coefficient (Wildman–Crippen LogP) is 2.50. The third-order valence-corrected chi connectivity index (χ3v) is 4.43. The van der Waals surface area contributed by atoms with Gasteiger partial charge in [-0.1, -0.05) is 6.07 Å². The quantitative estimate of drug-likeness (QED) is 0.521. The van der Waals surface area contributed by atoms with E-state index in [-0.39, 0.29) is 11.3 Å². The molecule has 8 nitrogen and oxygen atoms in total. The summed E-state index contributed by atoms with van der Waals surface area (Å²) in [4.78, 5) is 31.8. The normalized spacial score (nSPS) is 10.8. The molecule has 0 spiro atoms. The summed E-state index contributed by atoms with van der Waals surface area (Å²) in [7, 11) is 3.61. The summed E-state index contributed by atoms with van der Waals surface area (Å²) in [5, 5.41) is 4.40. The number of carbonyl (C=O) groups excluding carboxylic acids is 1. The zero-order valence-electron chi connectivity index (χ0n) is 16.0. The Kier molecular flexibility index (Phi) is 4.82. The number of rotatable bonds is 5. The lowest BCUT2D eigenvalue weighted by molar-refractivity contribution is 0.0919. The van der Waals surface area contributed by atoms with Crippen LogP contribution >= 0.6 is 0 Å². The van der Waals surface area contributed by atoms with E-state index in [1.165, 1.54) is 10.9 Å². The largest absolute Gasteiger partial charge is 0.459 e. The van der Waals surface area contributed by atoms with Gasteiger partial charge in [0.1, 0.15) is 11.5 Å². The van der Waals surface area contributed by atoms with Crippen molar-refractivity contribution in [2.24, 2.45) is 0 Å². The van der Waals surface area contributed by atoms with E-state index in [1.54, 1.807) is 66.3 Å². The van der Waals surface area contributed by atoms with E-state index in [2.05, 4.69) is 10.1 Å². The number of pyridine rings is 2. The summed E-state index contributed by atoms with van der Waals surface area (Å²) >= 11 is 0. The monoisotopic (exact) mass is 389 g/mol. The lowest BCUT2D eigenvalue weighted by Gasteiger charge is -2.12. The molecule has 4 heterocycles. The summed E-state index contributed by atoms with van der Waals surface area (Å²) in [6.45, 7) is 0.347. The first-order valence-corrected chi connectivity index (χ1v) is 9.00. The molecule has 0 unspecified atom stereocenters. The van der Waals surface area contributed by atoms with Crippen LogP contribution < -0.4 is 10.5 Å². The van der Waals surface area contributed by atoms with Crippen molar-refractivity contribution in [3.63, 3.8) is 0 Å². The zero-order chi connectivity index (χ0) is 20.4. The minimum atomic E-state index is -0.408. The molecule has 0 bridgehead atoms. The summed E-state index contributed by atoms with van der Waals surface area (Å²) in [6, 6.07) is 14.0. The van der Waals surface area contributed by atoms with Crippen LogP contribution in [-0.2, 0) is 6.54 Å². The minimum Gasteiger partial charge on any atom is -0.459 e. The van der Waals surface area contributed by atoms with Crippen molar-refractivity contribution in [3.8, 4) is 11.3 Å². The van der Waals surface area contributed by atoms with E-state index in [9.17, 15) is 9.59 Å². The van der Waals surface area contributed by atoms with Crippen LogP contribution in [0.3, 0.4) is 0 Å². The van der Waals surface area contributed by atoms with E-state index in [0.29, 0.717) is 23.6 Å². The first-order valence-electron chi connectivity index (χ1n) is 9.00. The van der Waals surface area contributed by atoms with Gasteiger partial charge in [0.15, 0.2) is 5.76 Å². The van der Waals surface area contributed by atoms with Crippen molar-refractivity contribution < 1.29 is 9.21 Å². The SMILES string of the molecule is CN(C)c1cc(-c2cccn(Cc3ccccn3)c2=O)nn1C(=O)c1ccco1. The van der Waals surface area contributed by atoms with Crippen LogP contribution in [0.5, 0.6) is 0 Å². The summed E-state index contributed by atoms with van der Waals surface area (Å²) in [6.07, 6.45) is 4.83. The molecule has 0 aliphatic rings. The third-order valence-electron chi connectivity index (χ3n) is 4.43. The molecule has 0 saturated heterocycles. The highest BCUT2D eigenvalue weighted by Crippen LogP contribution is 2.22. The van der Waals surface area contributed by atoms with Gasteiger partial charge in [0, 0.05) is 32.6 Å². The van der Waals surface area contributed by atoms with Crippen molar-refractivity contribution in [1.29, 1.82) is 0 Å². The van der Waals surface area contributed by atoms with Crippen molar-refractivity contribution in [2.75, 3.05) is 19.0 Å². The first-order chi connectivity index (χ1) is 14.0.